The van der Waals surface area contributed by atoms with Gasteiger partial charge in [0.2, 0.25) is 17.7 Å². The van der Waals surface area contributed by atoms with E-state index in [1.54, 1.807) is 4.90 Å². The summed E-state index contributed by atoms with van der Waals surface area (Å²) in [6.45, 7) is 8.67. The van der Waals surface area contributed by atoms with E-state index in [9.17, 15) is 14.4 Å². The maximum Gasteiger partial charge on any atom is 0.243 e. The van der Waals surface area contributed by atoms with E-state index in [1.165, 1.54) is 0 Å². The summed E-state index contributed by atoms with van der Waals surface area (Å²) < 4.78 is 0. The van der Waals surface area contributed by atoms with Crippen LogP contribution in [0.5, 0.6) is 0 Å². The highest BCUT2D eigenvalue weighted by Crippen LogP contribution is 2.22. The Bertz CT molecular complexity index is 943. The molecule has 0 aromatic heterocycles. The second kappa shape index (κ2) is 9.11. The molecule has 0 spiro atoms. The number of nitrogens with one attached hydrogen (secondary N) is 2. The highest BCUT2D eigenvalue weighted by molar-refractivity contribution is 5.97. The predicted octanol–water partition coefficient (Wildman–Crippen LogP) is 3.02. The number of hydrogen-bond acceptors (Lipinski definition) is 3. The summed E-state index contributed by atoms with van der Waals surface area (Å²) in [5, 5.41) is 5.55. The van der Waals surface area contributed by atoms with E-state index in [-0.39, 0.29) is 30.7 Å². The lowest BCUT2D eigenvalue weighted by molar-refractivity contribution is -0.129. The van der Waals surface area contributed by atoms with E-state index in [0.717, 1.165) is 33.5 Å². The third kappa shape index (κ3) is 5.26. The lowest BCUT2D eigenvalue weighted by Gasteiger charge is -2.17. The van der Waals surface area contributed by atoms with Crippen LogP contribution in [0.25, 0.3) is 0 Å². The van der Waals surface area contributed by atoms with Crippen LogP contribution in [-0.4, -0.2) is 35.7 Å². The van der Waals surface area contributed by atoms with E-state index in [1.807, 2.05) is 64.1 Å². The number of hydrogen-bond donors (Lipinski definition) is 2. The fraction of sp³-hybridized carbons (Fsp3) is 0.375. The van der Waals surface area contributed by atoms with Crippen molar-refractivity contribution >= 4 is 23.4 Å². The summed E-state index contributed by atoms with van der Waals surface area (Å²) in [5.74, 6) is -1.01. The molecule has 30 heavy (non-hydrogen) atoms. The smallest absolute Gasteiger partial charge is 0.243 e. The Balaban J connectivity index is 1.51. The second-order valence-corrected chi connectivity index (χ2v) is 8.20. The van der Waals surface area contributed by atoms with Crippen LogP contribution in [0.2, 0.25) is 0 Å². The Morgan fingerprint density at radius 1 is 1.00 bits per heavy atom. The van der Waals surface area contributed by atoms with Crippen molar-refractivity contribution in [1.82, 2.24) is 10.2 Å². The number of anilines is 1. The minimum atomic E-state index is -0.432. The number of aryl methyl sites for hydroxylation is 4. The van der Waals surface area contributed by atoms with Gasteiger partial charge < -0.3 is 15.5 Å². The molecule has 1 fully saturated rings. The lowest BCUT2D eigenvalue weighted by Crippen LogP contribution is -2.38. The molecule has 3 amide bonds. The predicted molar refractivity (Wildman–Crippen MR) is 117 cm³/mol. The SMILES string of the molecule is Cc1ccc(CN2C[C@@H](C(=O)NCC(=O)Nc3c(C)cc(C)cc3C)CC2=O)cc1. The van der Waals surface area contributed by atoms with E-state index in [0.29, 0.717) is 13.1 Å². The molecule has 0 saturated carbocycles. The largest absolute Gasteiger partial charge is 0.347 e. The zero-order chi connectivity index (χ0) is 21.8. The zero-order valence-electron chi connectivity index (χ0n) is 18.0. The Labute approximate surface area is 177 Å². The number of amides is 3. The van der Waals surface area contributed by atoms with Crippen LogP contribution >= 0.6 is 0 Å². The zero-order valence-corrected chi connectivity index (χ0v) is 18.0. The lowest BCUT2D eigenvalue weighted by atomic mass is 10.1. The van der Waals surface area contributed by atoms with Crippen molar-refractivity contribution in [1.29, 1.82) is 0 Å². The molecule has 1 aliphatic rings. The summed E-state index contributed by atoms with van der Waals surface area (Å²) in [7, 11) is 0. The third-order valence-electron chi connectivity index (χ3n) is 5.44. The van der Waals surface area contributed by atoms with Crippen LogP contribution in [0.4, 0.5) is 5.69 Å². The molecule has 0 unspecified atom stereocenters. The highest BCUT2D eigenvalue weighted by Gasteiger charge is 2.34. The molecule has 158 valence electrons. The van der Waals surface area contributed by atoms with Crippen LogP contribution in [0.15, 0.2) is 36.4 Å². The minimum Gasteiger partial charge on any atom is -0.347 e. The van der Waals surface area contributed by atoms with Crippen molar-refractivity contribution < 1.29 is 14.4 Å². The van der Waals surface area contributed by atoms with Crippen LogP contribution in [0.3, 0.4) is 0 Å². The average Bonchev–Trinajstić information content (AvgIpc) is 3.05. The number of carbonyl (C=O) groups excluding carboxylic acids is 3. The maximum absolute atomic E-state index is 12.5. The van der Waals surface area contributed by atoms with Gasteiger partial charge in [0, 0.05) is 25.2 Å². The maximum atomic E-state index is 12.5. The van der Waals surface area contributed by atoms with Gasteiger partial charge in [0.15, 0.2) is 0 Å². The molecule has 1 aliphatic heterocycles. The first-order valence-corrected chi connectivity index (χ1v) is 10.2. The molecule has 3 rings (SSSR count). The van der Waals surface area contributed by atoms with Gasteiger partial charge in [-0.1, -0.05) is 47.5 Å². The summed E-state index contributed by atoms with van der Waals surface area (Å²) in [5.41, 5.74) is 6.09. The topological polar surface area (TPSA) is 78.5 Å². The molecule has 6 nitrogen and oxygen atoms in total. The summed E-state index contributed by atoms with van der Waals surface area (Å²) in [6.07, 6.45) is 0.176. The molecule has 1 heterocycles. The van der Waals surface area contributed by atoms with Crippen LogP contribution in [0, 0.1) is 33.6 Å². The molecule has 2 N–H and O–H groups in total. The molecule has 2 aromatic rings. The van der Waals surface area contributed by atoms with Gasteiger partial charge in [-0.2, -0.15) is 0 Å². The van der Waals surface area contributed by atoms with Crippen molar-refractivity contribution in [2.75, 3.05) is 18.4 Å². The fourth-order valence-electron chi connectivity index (χ4n) is 3.89. The number of likely N-dealkylation sites (tertiary alicyclic amines) is 1. The molecular weight excluding hydrogens is 378 g/mol. The molecule has 6 heteroatoms. The van der Waals surface area contributed by atoms with Gasteiger partial charge >= 0.3 is 0 Å². The van der Waals surface area contributed by atoms with Gasteiger partial charge in [0.25, 0.3) is 0 Å². The summed E-state index contributed by atoms with van der Waals surface area (Å²) >= 11 is 0. The minimum absolute atomic E-state index is 0.0360. The van der Waals surface area contributed by atoms with Gasteiger partial charge in [-0.3, -0.25) is 14.4 Å². The Morgan fingerprint density at radius 2 is 1.63 bits per heavy atom. The molecule has 1 atom stereocenters. The van der Waals surface area contributed by atoms with E-state index in [4.69, 9.17) is 0 Å². The van der Waals surface area contributed by atoms with E-state index in [2.05, 4.69) is 10.6 Å². The van der Waals surface area contributed by atoms with Crippen LogP contribution in [0.1, 0.15) is 34.2 Å². The number of benzene rings is 2. The Morgan fingerprint density at radius 3 is 2.27 bits per heavy atom. The first-order valence-electron chi connectivity index (χ1n) is 10.2. The van der Waals surface area contributed by atoms with Crippen molar-refractivity contribution in [3.8, 4) is 0 Å². The van der Waals surface area contributed by atoms with Crippen LogP contribution in [-0.2, 0) is 20.9 Å². The number of rotatable bonds is 6. The molecular formula is C24H29N3O3. The highest BCUT2D eigenvalue weighted by atomic mass is 16.2. The number of nitrogens with zero attached hydrogens (tertiary/aromatic N) is 1. The molecule has 2 aromatic carbocycles. The van der Waals surface area contributed by atoms with Crippen molar-refractivity contribution in [3.63, 3.8) is 0 Å². The third-order valence-corrected chi connectivity index (χ3v) is 5.44. The van der Waals surface area contributed by atoms with Gasteiger partial charge in [-0.25, -0.2) is 0 Å². The second-order valence-electron chi connectivity index (χ2n) is 8.20. The normalized spacial score (nSPS) is 15.9. The Kier molecular flexibility index (Phi) is 6.55. The van der Waals surface area contributed by atoms with Gasteiger partial charge in [0.05, 0.1) is 12.5 Å². The molecule has 0 bridgehead atoms. The van der Waals surface area contributed by atoms with Crippen molar-refractivity contribution in [3.05, 3.63) is 64.2 Å². The number of carbonyl (C=O) groups is 3. The monoisotopic (exact) mass is 407 g/mol. The summed E-state index contributed by atoms with van der Waals surface area (Å²) in [6, 6.07) is 12.0. The molecule has 0 radical (unpaired) electrons. The molecule has 1 saturated heterocycles. The molecule has 0 aliphatic carbocycles. The first-order chi connectivity index (χ1) is 14.2. The van der Waals surface area contributed by atoms with Gasteiger partial charge in [0.1, 0.15) is 0 Å². The van der Waals surface area contributed by atoms with E-state index < -0.39 is 5.92 Å². The average molecular weight is 408 g/mol. The Hall–Kier alpha value is -3.15. The standard InChI is InChI=1S/C24H29N3O3/c1-15-5-7-19(8-6-15)13-27-14-20(11-22(27)29)24(30)25-12-21(28)26-23-17(3)9-16(2)10-18(23)4/h5-10,20H,11-14H2,1-4H3,(H,25,30)(H,26,28)/t20-/m0/s1. The summed E-state index contributed by atoms with van der Waals surface area (Å²) in [4.78, 5) is 38.8. The van der Waals surface area contributed by atoms with Gasteiger partial charge in [-0.15, -0.1) is 0 Å². The van der Waals surface area contributed by atoms with E-state index >= 15 is 0 Å². The fourth-order valence-corrected chi connectivity index (χ4v) is 3.89. The first kappa shape index (κ1) is 21.6. The van der Waals surface area contributed by atoms with Crippen molar-refractivity contribution in [2.45, 2.75) is 40.7 Å². The van der Waals surface area contributed by atoms with Crippen LogP contribution < -0.4 is 10.6 Å². The van der Waals surface area contributed by atoms with Gasteiger partial charge in [-0.05, 0) is 44.4 Å². The quantitative estimate of drug-likeness (QED) is 0.773. The van der Waals surface area contributed by atoms with Crippen molar-refractivity contribution in [2.24, 2.45) is 5.92 Å².